The summed E-state index contributed by atoms with van der Waals surface area (Å²) in [5, 5.41) is 2.97. The molecule has 0 aliphatic carbocycles. The third-order valence-electron chi connectivity index (χ3n) is 5.32. The highest BCUT2D eigenvalue weighted by atomic mass is 79.9. The lowest BCUT2D eigenvalue weighted by Crippen LogP contribution is -2.50. The first-order valence-electron chi connectivity index (χ1n) is 10.8. The molecule has 2 rings (SSSR count). The van der Waals surface area contributed by atoms with E-state index < -0.39 is 6.04 Å². The number of halogens is 1. The molecular formula is C25H33BrN2O3. The minimum atomic E-state index is -0.618. The number of carbonyl (C=O) groups excluding carboxylic acids is 2. The Hall–Kier alpha value is -2.34. The zero-order chi connectivity index (χ0) is 23.0. The van der Waals surface area contributed by atoms with E-state index in [1.165, 1.54) is 5.56 Å². The fourth-order valence-electron chi connectivity index (χ4n) is 3.06. The Balaban J connectivity index is 2.13. The molecule has 0 aromatic heterocycles. The second-order valence-electron chi connectivity index (χ2n) is 8.16. The largest absolute Gasteiger partial charge is 0.484 e. The monoisotopic (exact) mass is 488 g/mol. The van der Waals surface area contributed by atoms with E-state index in [9.17, 15) is 9.59 Å². The molecule has 0 fully saturated rings. The van der Waals surface area contributed by atoms with Crippen molar-refractivity contribution in [3.8, 4) is 5.75 Å². The highest BCUT2D eigenvalue weighted by Gasteiger charge is 2.27. The zero-order valence-electron chi connectivity index (χ0n) is 19.0. The average Bonchev–Trinajstić information content (AvgIpc) is 2.75. The molecule has 2 aromatic rings. The van der Waals surface area contributed by atoms with Gasteiger partial charge in [0.25, 0.3) is 5.91 Å². The molecule has 0 saturated heterocycles. The maximum atomic E-state index is 13.1. The van der Waals surface area contributed by atoms with Crippen LogP contribution >= 0.6 is 15.9 Å². The molecule has 31 heavy (non-hydrogen) atoms. The van der Waals surface area contributed by atoms with Crippen molar-refractivity contribution in [2.75, 3.05) is 6.61 Å². The number of nitrogens with one attached hydrogen (secondary N) is 1. The van der Waals surface area contributed by atoms with Crippen molar-refractivity contribution in [3.05, 3.63) is 64.1 Å². The first-order valence-corrected chi connectivity index (χ1v) is 11.6. The Kier molecular flexibility index (Phi) is 9.56. The van der Waals surface area contributed by atoms with Crippen LogP contribution in [0.2, 0.25) is 0 Å². The molecule has 0 aliphatic heterocycles. The van der Waals surface area contributed by atoms with Crippen LogP contribution in [-0.4, -0.2) is 35.4 Å². The van der Waals surface area contributed by atoms with Gasteiger partial charge in [0.05, 0.1) is 0 Å². The van der Waals surface area contributed by atoms with Crippen molar-refractivity contribution in [2.45, 2.75) is 65.6 Å². The van der Waals surface area contributed by atoms with Crippen LogP contribution < -0.4 is 10.1 Å². The van der Waals surface area contributed by atoms with Crippen LogP contribution in [0.25, 0.3) is 0 Å². The maximum Gasteiger partial charge on any atom is 0.261 e. The lowest BCUT2D eigenvalue weighted by atomic mass is 10.0. The molecule has 5 nitrogen and oxygen atoms in total. The molecule has 0 spiro atoms. The van der Waals surface area contributed by atoms with Gasteiger partial charge in [-0.25, -0.2) is 0 Å². The number of nitrogens with zero attached hydrogens (tertiary/aromatic N) is 1. The summed E-state index contributed by atoms with van der Waals surface area (Å²) in [6.07, 6.45) is 0.827. The van der Waals surface area contributed by atoms with E-state index in [2.05, 4.69) is 35.1 Å². The van der Waals surface area contributed by atoms with E-state index in [1.807, 2.05) is 62.4 Å². The quantitative estimate of drug-likeness (QED) is 0.494. The predicted octanol–water partition coefficient (Wildman–Crippen LogP) is 5.28. The van der Waals surface area contributed by atoms with Gasteiger partial charge in [0, 0.05) is 17.1 Å². The summed E-state index contributed by atoms with van der Waals surface area (Å²) in [6.45, 7) is 10.2. The molecule has 0 unspecified atom stereocenters. The van der Waals surface area contributed by atoms with Crippen LogP contribution in [0.3, 0.4) is 0 Å². The van der Waals surface area contributed by atoms with Crippen molar-refractivity contribution in [1.29, 1.82) is 0 Å². The fraction of sp³-hybridized carbons (Fsp3) is 0.440. The Labute approximate surface area is 194 Å². The molecule has 1 N–H and O–H groups in total. The van der Waals surface area contributed by atoms with Gasteiger partial charge in [0.1, 0.15) is 11.8 Å². The molecule has 0 bridgehead atoms. The smallest absolute Gasteiger partial charge is 0.261 e. The SMILES string of the molecule is CC[C@H](C)NC(=O)[C@@H](C)N(Cc1cccc(Br)c1)C(=O)COc1ccc(C(C)C)cc1. The molecular weight excluding hydrogens is 456 g/mol. The number of ether oxygens (including phenoxy) is 1. The van der Waals surface area contributed by atoms with Crippen LogP contribution in [-0.2, 0) is 16.1 Å². The van der Waals surface area contributed by atoms with E-state index in [4.69, 9.17) is 4.74 Å². The molecule has 2 atom stereocenters. The van der Waals surface area contributed by atoms with E-state index in [0.29, 0.717) is 18.2 Å². The number of carbonyl (C=O) groups is 2. The van der Waals surface area contributed by atoms with Gasteiger partial charge in [-0.3, -0.25) is 9.59 Å². The van der Waals surface area contributed by atoms with Gasteiger partial charge in [0.2, 0.25) is 5.91 Å². The van der Waals surface area contributed by atoms with Crippen molar-refractivity contribution < 1.29 is 14.3 Å². The lowest BCUT2D eigenvalue weighted by Gasteiger charge is -2.29. The van der Waals surface area contributed by atoms with Crippen molar-refractivity contribution in [3.63, 3.8) is 0 Å². The van der Waals surface area contributed by atoms with Gasteiger partial charge in [-0.15, -0.1) is 0 Å². The first kappa shape index (κ1) is 24.9. The summed E-state index contributed by atoms with van der Waals surface area (Å²) in [7, 11) is 0. The molecule has 2 aromatic carbocycles. The summed E-state index contributed by atoms with van der Waals surface area (Å²) >= 11 is 3.47. The van der Waals surface area contributed by atoms with E-state index in [1.54, 1.807) is 11.8 Å². The maximum absolute atomic E-state index is 13.1. The standard InChI is InChI=1S/C25H33BrN2O3/c1-6-18(4)27-25(30)19(5)28(15-20-8-7-9-22(26)14-20)24(29)16-31-23-12-10-21(11-13-23)17(2)3/h7-14,17-19H,6,15-16H2,1-5H3,(H,27,30)/t18-,19+/m0/s1. The van der Waals surface area contributed by atoms with Gasteiger partial charge >= 0.3 is 0 Å². The van der Waals surface area contributed by atoms with E-state index in [0.717, 1.165) is 16.5 Å². The van der Waals surface area contributed by atoms with Crippen LogP contribution in [0, 0.1) is 0 Å². The van der Waals surface area contributed by atoms with Gasteiger partial charge in [-0.05, 0) is 61.6 Å². The van der Waals surface area contributed by atoms with Crippen molar-refractivity contribution >= 4 is 27.7 Å². The molecule has 0 heterocycles. The van der Waals surface area contributed by atoms with Crippen molar-refractivity contribution in [2.24, 2.45) is 0 Å². The molecule has 0 saturated carbocycles. The summed E-state index contributed by atoms with van der Waals surface area (Å²) in [5.41, 5.74) is 2.15. The van der Waals surface area contributed by atoms with Crippen LogP contribution in [0.1, 0.15) is 58.1 Å². The van der Waals surface area contributed by atoms with Crippen LogP contribution in [0.5, 0.6) is 5.75 Å². The minimum absolute atomic E-state index is 0.0495. The molecule has 2 amide bonds. The number of rotatable bonds is 10. The Morgan fingerprint density at radius 3 is 2.32 bits per heavy atom. The summed E-state index contributed by atoms with van der Waals surface area (Å²) in [5.74, 6) is 0.664. The zero-order valence-corrected chi connectivity index (χ0v) is 20.6. The van der Waals surface area contributed by atoms with Crippen molar-refractivity contribution in [1.82, 2.24) is 10.2 Å². The van der Waals surface area contributed by atoms with Crippen LogP contribution in [0.15, 0.2) is 53.0 Å². The Morgan fingerprint density at radius 1 is 1.06 bits per heavy atom. The van der Waals surface area contributed by atoms with Gasteiger partial charge in [-0.2, -0.15) is 0 Å². The Morgan fingerprint density at radius 2 is 1.74 bits per heavy atom. The van der Waals surface area contributed by atoms with E-state index >= 15 is 0 Å². The molecule has 6 heteroatoms. The third kappa shape index (κ3) is 7.69. The second-order valence-corrected chi connectivity index (χ2v) is 9.07. The normalized spacial score (nSPS) is 12.9. The summed E-state index contributed by atoms with van der Waals surface area (Å²) < 4.78 is 6.67. The number of benzene rings is 2. The molecule has 168 valence electrons. The summed E-state index contributed by atoms with van der Waals surface area (Å²) in [4.78, 5) is 27.4. The lowest BCUT2D eigenvalue weighted by molar-refractivity contribution is -0.142. The fourth-order valence-corrected chi connectivity index (χ4v) is 3.50. The second kappa shape index (κ2) is 11.9. The highest BCUT2D eigenvalue weighted by Crippen LogP contribution is 2.19. The topological polar surface area (TPSA) is 58.6 Å². The molecule has 0 radical (unpaired) electrons. The Bertz CT molecular complexity index is 867. The summed E-state index contributed by atoms with van der Waals surface area (Å²) in [6, 6.07) is 14.9. The van der Waals surface area contributed by atoms with Gasteiger partial charge in [0.15, 0.2) is 6.61 Å². The predicted molar refractivity (Wildman–Crippen MR) is 128 cm³/mol. The first-order chi connectivity index (χ1) is 14.7. The van der Waals surface area contributed by atoms with Crippen LogP contribution in [0.4, 0.5) is 0 Å². The van der Waals surface area contributed by atoms with Gasteiger partial charge in [-0.1, -0.05) is 61.0 Å². The number of hydrogen-bond acceptors (Lipinski definition) is 3. The number of amides is 2. The third-order valence-corrected chi connectivity index (χ3v) is 5.81. The molecule has 0 aliphatic rings. The average molecular weight is 489 g/mol. The van der Waals surface area contributed by atoms with E-state index in [-0.39, 0.29) is 24.5 Å². The van der Waals surface area contributed by atoms with Gasteiger partial charge < -0.3 is 15.0 Å². The minimum Gasteiger partial charge on any atom is -0.484 e. The number of hydrogen-bond donors (Lipinski definition) is 1. The highest BCUT2D eigenvalue weighted by molar-refractivity contribution is 9.10.